The van der Waals surface area contributed by atoms with Crippen molar-refractivity contribution in [3.05, 3.63) is 46.2 Å². The van der Waals surface area contributed by atoms with Gasteiger partial charge in [0.25, 0.3) is 0 Å². The molecule has 0 aliphatic carbocycles. The lowest BCUT2D eigenvalue weighted by Gasteiger charge is -2.31. The van der Waals surface area contributed by atoms with Crippen LogP contribution in [0, 0.1) is 0 Å². The normalized spacial score (nSPS) is 18.9. The number of hydrogen-bond acceptors (Lipinski definition) is 5. The van der Waals surface area contributed by atoms with Gasteiger partial charge in [0.15, 0.2) is 11.5 Å². The van der Waals surface area contributed by atoms with Gasteiger partial charge in [-0.1, -0.05) is 12.1 Å². The molecule has 1 aliphatic heterocycles. The molecule has 0 spiro atoms. The average molecular weight is 361 g/mol. The second-order valence-electron chi connectivity index (χ2n) is 6.00. The van der Waals surface area contributed by atoms with Crippen LogP contribution in [0.5, 0.6) is 11.5 Å². The predicted octanol–water partition coefficient (Wildman–Crippen LogP) is 3.79. The number of ether oxygens (including phenoxy) is 2. The molecule has 1 aromatic heterocycles. The lowest BCUT2D eigenvalue weighted by atomic mass is 10.0. The Morgan fingerprint density at radius 1 is 1.40 bits per heavy atom. The summed E-state index contributed by atoms with van der Waals surface area (Å²) in [6.45, 7) is 3.25. The van der Waals surface area contributed by atoms with Crippen molar-refractivity contribution in [3.63, 3.8) is 0 Å². The molecule has 2 heterocycles. The third-order valence-electron chi connectivity index (χ3n) is 4.53. The third kappa shape index (κ3) is 3.65. The number of nitrogens with zero attached hydrogens (tertiary/aromatic N) is 1. The zero-order valence-corrected chi connectivity index (χ0v) is 15.3. The smallest absolute Gasteiger partial charge is 0.320 e. The molecule has 2 aromatic rings. The molecule has 1 aliphatic rings. The highest BCUT2D eigenvalue weighted by atomic mass is 32.1. The van der Waals surface area contributed by atoms with Gasteiger partial charge < -0.3 is 14.6 Å². The summed E-state index contributed by atoms with van der Waals surface area (Å²) in [6, 6.07) is 9.40. The number of carbonyl (C=O) groups is 1. The van der Waals surface area contributed by atoms with E-state index in [0.29, 0.717) is 24.5 Å². The number of methoxy groups -OCH3 is 1. The maximum atomic E-state index is 11.7. The first-order valence-corrected chi connectivity index (χ1v) is 9.36. The van der Waals surface area contributed by atoms with Gasteiger partial charge in [-0.2, -0.15) is 0 Å². The quantitative estimate of drug-likeness (QED) is 0.813. The molecular weight excluding hydrogens is 338 g/mol. The SMILES string of the molecule is CCOc1cc(C(c2cccs2)N2CCCC2C(=O)O)ccc1OC. The number of hydrogen-bond donors (Lipinski definition) is 1. The summed E-state index contributed by atoms with van der Waals surface area (Å²) in [6.07, 6.45) is 1.58. The molecule has 0 saturated carbocycles. The number of likely N-dealkylation sites (tertiary alicyclic amines) is 1. The third-order valence-corrected chi connectivity index (χ3v) is 5.45. The van der Waals surface area contributed by atoms with Gasteiger partial charge in [0.05, 0.1) is 19.8 Å². The molecule has 0 radical (unpaired) electrons. The van der Waals surface area contributed by atoms with E-state index in [9.17, 15) is 9.90 Å². The second-order valence-corrected chi connectivity index (χ2v) is 6.97. The Hall–Kier alpha value is -2.05. The fraction of sp³-hybridized carbons (Fsp3) is 0.421. The van der Waals surface area contributed by atoms with E-state index in [1.54, 1.807) is 18.4 Å². The van der Waals surface area contributed by atoms with Crippen LogP contribution in [0.3, 0.4) is 0 Å². The molecule has 3 rings (SSSR count). The largest absolute Gasteiger partial charge is 0.493 e. The minimum absolute atomic E-state index is 0.0892. The fourth-order valence-electron chi connectivity index (χ4n) is 3.46. The molecule has 2 unspecified atom stereocenters. The molecule has 1 saturated heterocycles. The second kappa shape index (κ2) is 7.89. The summed E-state index contributed by atoms with van der Waals surface area (Å²) in [7, 11) is 1.62. The van der Waals surface area contributed by atoms with Crippen molar-refractivity contribution in [1.82, 2.24) is 4.90 Å². The lowest BCUT2D eigenvalue weighted by molar-refractivity contribution is -0.142. The maximum absolute atomic E-state index is 11.7. The van der Waals surface area contributed by atoms with Crippen molar-refractivity contribution >= 4 is 17.3 Å². The van der Waals surface area contributed by atoms with Crippen LogP contribution in [0.1, 0.15) is 36.2 Å². The van der Waals surface area contributed by atoms with Crippen molar-refractivity contribution in [2.75, 3.05) is 20.3 Å². The van der Waals surface area contributed by atoms with Gasteiger partial charge in [-0.3, -0.25) is 9.69 Å². The van der Waals surface area contributed by atoms with E-state index < -0.39 is 12.0 Å². The number of rotatable bonds is 7. The Morgan fingerprint density at radius 2 is 2.24 bits per heavy atom. The molecule has 2 atom stereocenters. The Kier molecular flexibility index (Phi) is 5.60. The topological polar surface area (TPSA) is 59.0 Å². The van der Waals surface area contributed by atoms with Crippen LogP contribution < -0.4 is 9.47 Å². The lowest BCUT2D eigenvalue weighted by Crippen LogP contribution is -2.39. The summed E-state index contributed by atoms with van der Waals surface area (Å²) >= 11 is 1.65. The molecule has 1 N–H and O–H groups in total. The van der Waals surface area contributed by atoms with E-state index in [2.05, 4.69) is 11.0 Å². The van der Waals surface area contributed by atoms with Crippen LogP contribution in [-0.2, 0) is 4.79 Å². The monoisotopic (exact) mass is 361 g/mol. The zero-order valence-electron chi connectivity index (χ0n) is 14.5. The zero-order chi connectivity index (χ0) is 17.8. The van der Waals surface area contributed by atoms with Crippen molar-refractivity contribution in [1.29, 1.82) is 0 Å². The average Bonchev–Trinajstić information content (AvgIpc) is 3.28. The standard InChI is InChI=1S/C19H23NO4S/c1-3-24-16-12-13(8-9-15(16)23-2)18(17-7-5-11-25-17)20-10-4-6-14(20)19(21)22/h5,7-9,11-12,14,18H,3-4,6,10H2,1-2H3,(H,21,22). The van der Waals surface area contributed by atoms with Crippen LogP contribution in [0.25, 0.3) is 0 Å². The number of thiophene rings is 1. The van der Waals surface area contributed by atoms with Crippen molar-refractivity contribution in [2.24, 2.45) is 0 Å². The molecule has 134 valence electrons. The van der Waals surface area contributed by atoms with Gasteiger partial charge in [-0.15, -0.1) is 11.3 Å². The van der Waals surface area contributed by atoms with Crippen molar-refractivity contribution in [3.8, 4) is 11.5 Å². The van der Waals surface area contributed by atoms with E-state index in [4.69, 9.17) is 9.47 Å². The van der Waals surface area contributed by atoms with Crippen molar-refractivity contribution < 1.29 is 19.4 Å². The minimum atomic E-state index is -0.752. The summed E-state index contributed by atoms with van der Waals surface area (Å²) in [5.41, 5.74) is 1.03. The maximum Gasteiger partial charge on any atom is 0.320 e. The highest BCUT2D eigenvalue weighted by molar-refractivity contribution is 7.10. The molecule has 1 fully saturated rings. The van der Waals surface area contributed by atoms with E-state index in [1.165, 1.54) is 0 Å². The van der Waals surface area contributed by atoms with E-state index >= 15 is 0 Å². The summed E-state index contributed by atoms with van der Waals surface area (Å²) in [4.78, 5) is 14.9. The fourth-order valence-corrected chi connectivity index (χ4v) is 4.33. The Bertz CT molecular complexity index is 716. The number of carboxylic acids is 1. The highest BCUT2D eigenvalue weighted by Crippen LogP contribution is 2.40. The highest BCUT2D eigenvalue weighted by Gasteiger charge is 2.37. The summed E-state index contributed by atoms with van der Waals surface area (Å²) in [5, 5.41) is 11.6. The van der Waals surface area contributed by atoms with Crippen LogP contribution in [-0.4, -0.2) is 42.3 Å². The number of benzene rings is 1. The van der Waals surface area contributed by atoms with Crippen molar-refractivity contribution in [2.45, 2.75) is 31.8 Å². The van der Waals surface area contributed by atoms with Gasteiger partial charge in [0.2, 0.25) is 0 Å². The molecule has 5 nitrogen and oxygen atoms in total. The Labute approximate surface area is 151 Å². The van der Waals surface area contributed by atoms with E-state index in [0.717, 1.165) is 23.4 Å². The first-order chi connectivity index (χ1) is 12.2. The van der Waals surface area contributed by atoms with Gasteiger partial charge >= 0.3 is 5.97 Å². The van der Waals surface area contributed by atoms with Gasteiger partial charge in [0, 0.05) is 11.4 Å². The molecule has 1 aromatic carbocycles. The molecule has 0 amide bonds. The van der Waals surface area contributed by atoms with Gasteiger partial charge in [0.1, 0.15) is 6.04 Å². The summed E-state index contributed by atoms with van der Waals surface area (Å²) in [5.74, 6) is 0.625. The minimum Gasteiger partial charge on any atom is -0.493 e. The van der Waals surface area contributed by atoms with Crippen LogP contribution in [0.4, 0.5) is 0 Å². The number of carboxylic acid groups (broad SMARTS) is 1. The van der Waals surface area contributed by atoms with Gasteiger partial charge in [-0.05, 0) is 48.9 Å². The number of aliphatic carboxylic acids is 1. The Balaban J connectivity index is 2.04. The summed E-state index contributed by atoms with van der Waals surface area (Å²) < 4.78 is 11.1. The predicted molar refractivity (Wildman–Crippen MR) is 97.7 cm³/mol. The van der Waals surface area contributed by atoms with Crippen LogP contribution >= 0.6 is 11.3 Å². The molecule has 6 heteroatoms. The van der Waals surface area contributed by atoms with Crippen LogP contribution in [0.2, 0.25) is 0 Å². The van der Waals surface area contributed by atoms with Gasteiger partial charge in [-0.25, -0.2) is 0 Å². The van der Waals surface area contributed by atoms with Crippen LogP contribution in [0.15, 0.2) is 35.7 Å². The first kappa shape index (κ1) is 17.8. The molecular formula is C19H23NO4S. The molecule has 0 bridgehead atoms. The first-order valence-electron chi connectivity index (χ1n) is 8.48. The Morgan fingerprint density at radius 3 is 2.88 bits per heavy atom. The van der Waals surface area contributed by atoms with E-state index in [-0.39, 0.29) is 6.04 Å². The van der Waals surface area contributed by atoms with E-state index in [1.807, 2.05) is 36.6 Å². The molecule has 25 heavy (non-hydrogen) atoms.